The van der Waals surface area contributed by atoms with Crippen molar-refractivity contribution in [1.29, 1.82) is 0 Å². The van der Waals surface area contributed by atoms with Gasteiger partial charge in [0.1, 0.15) is 11.1 Å². The largest absolute Gasteiger partial charge is 0.436 e. The van der Waals surface area contributed by atoms with E-state index in [9.17, 15) is 0 Å². The molecule has 0 bridgehead atoms. The molecule has 0 fully saturated rings. The van der Waals surface area contributed by atoms with Gasteiger partial charge in [0, 0.05) is 20.2 Å². The molecule has 3 aromatic heterocycles. The molecule has 0 aliphatic carbocycles. The zero-order valence-electron chi connectivity index (χ0n) is 21.3. The molecule has 0 spiro atoms. The number of fused-ring (bicyclic) bond motifs is 9. The zero-order chi connectivity index (χ0) is 26.2. The van der Waals surface area contributed by atoms with Crippen molar-refractivity contribution in [1.82, 2.24) is 9.97 Å². The number of nitrogens with zero attached hydrogens (tertiary/aromatic N) is 2. The second kappa shape index (κ2) is 8.22. The van der Waals surface area contributed by atoms with Crippen molar-refractivity contribution in [3.63, 3.8) is 0 Å². The van der Waals surface area contributed by atoms with Gasteiger partial charge in [-0.2, -0.15) is 0 Å². The molecule has 0 amide bonds. The monoisotopic (exact) mass is 528 g/mol. The normalized spacial score (nSPS) is 12.0. The Hall–Kier alpha value is -5.06. The summed E-state index contributed by atoms with van der Waals surface area (Å²) >= 11 is 1.86. The Morgan fingerprint density at radius 3 is 2.33 bits per heavy atom. The first-order valence-corrected chi connectivity index (χ1v) is 14.1. The fraction of sp³-hybridized carbons (Fsp3) is 0. The van der Waals surface area contributed by atoms with Crippen LogP contribution in [0.15, 0.2) is 126 Å². The van der Waals surface area contributed by atoms with Crippen LogP contribution in [0.1, 0.15) is 0 Å². The molecule has 0 N–H and O–H groups in total. The van der Waals surface area contributed by atoms with Crippen molar-refractivity contribution in [2.45, 2.75) is 0 Å². The maximum Gasteiger partial charge on any atom is 0.246 e. The van der Waals surface area contributed by atoms with Crippen molar-refractivity contribution in [3.05, 3.63) is 121 Å². The lowest BCUT2D eigenvalue weighted by atomic mass is 9.97. The molecule has 4 heteroatoms. The quantitative estimate of drug-likeness (QED) is 0.224. The van der Waals surface area contributed by atoms with Crippen molar-refractivity contribution in [2.24, 2.45) is 0 Å². The third kappa shape index (κ3) is 3.17. The van der Waals surface area contributed by atoms with Gasteiger partial charge in [0.25, 0.3) is 0 Å². The SMILES string of the molecule is c1cc(-c2ccc3nc4c(nc3c2)oc2ccc3ccccc3c24)cc(-c2cccc3c2sc2ccccc23)c1. The van der Waals surface area contributed by atoms with E-state index in [0.717, 1.165) is 44.0 Å². The number of thiophene rings is 1. The second-order valence-electron chi connectivity index (χ2n) is 10.2. The van der Waals surface area contributed by atoms with Crippen molar-refractivity contribution in [3.8, 4) is 22.3 Å². The highest BCUT2D eigenvalue weighted by Gasteiger charge is 2.15. The van der Waals surface area contributed by atoms with E-state index in [1.165, 1.54) is 36.7 Å². The van der Waals surface area contributed by atoms with Crippen LogP contribution in [0.25, 0.3) is 86.4 Å². The minimum atomic E-state index is 0.571. The highest BCUT2D eigenvalue weighted by Crippen LogP contribution is 2.41. The molecular weight excluding hydrogens is 508 g/mol. The minimum absolute atomic E-state index is 0.571. The number of aromatic nitrogens is 2. The molecule has 0 unspecified atom stereocenters. The molecule has 0 aliphatic heterocycles. The van der Waals surface area contributed by atoms with Gasteiger partial charge in [-0.05, 0) is 63.4 Å². The highest BCUT2D eigenvalue weighted by atomic mass is 32.1. The van der Waals surface area contributed by atoms with E-state index in [0.29, 0.717) is 5.71 Å². The lowest BCUT2D eigenvalue weighted by Crippen LogP contribution is -1.87. The molecule has 0 radical (unpaired) electrons. The highest BCUT2D eigenvalue weighted by molar-refractivity contribution is 7.26. The summed E-state index contributed by atoms with van der Waals surface area (Å²) in [6, 6.07) is 42.8. The average molecular weight is 529 g/mol. The van der Waals surface area contributed by atoms with Gasteiger partial charge in [0.05, 0.1) is 16.4 Å². The summed E-state index contributed by atoms with van der Waals surface area (Å²) in [4.78, 5) is 9.94. The van der Waals surface area contributed by atoms with E-state index >= 15 is 0 Å². The fourth-order valence-electron chi connectivity index (χ4n) is 5.98. The smallest absolute Gasteiger partial charge is 0.246 e. The van der Waals surface area contributed by atoms with E-state index in [1.54, 1.807) is 0 Å². The number of hydrogen-bond acceptors (Lipinski definition) is 4. The molecule has 3 nitrogen and oxygen atoms in total. The molecule has 6 aromatic carbocycles. The summed E-state index contributed by atoms with van der Waals surface area (Å²) in [5, 5.41) is 5.95. The molecule has 40 heavy (non-hydrogen) atoms. The van der Waals surface area contributed by atoms with Gasteiger partial charge >= 0.3 is 0 Å². The molecule has 9 rings (SSSR count). The standard InChI is InChI=1S/C36H20N2OS/c1-2-10-25-21(7-1)16-18-31-33(25)34-36(39-31)38-30-20-23(15-17-29(30)37-34)22-8-5-9-24(19-22)26-12-6-13-28-27-11-3-4-14-32(27)40-35(26)28/h1-20H. The molecule has 9 aromatic rings. The number of rotatable bonds is 2. The summed E-state index contributed by atoms with van der Waals surface area (Å²) < 4.78 is 8.83. The Kier molecular flexibility index (Phi) is 4.48. The Morgan fingerprint density at radius 1 is 0.550 bits per heavy atom. The molecule has 0 atom stereocenters. The van der Waals surface area contributed by atoms with Crippen molar-refractivity contribution >= 4 is 75.5 Å². The van der Waals surface area contributed by atoms with Crippen molar-refractivity contribution < 1.29 is 4.42 Å². The van der Waals surface area contributed by atoms with Crippen LogP contribution in [0, 0.1) is 0 Å². The first-order chi connectivity index (χ1) is 19.8. The summed E-state index contributed by atoms with van der Waals surface area (Å²) in [7, 11) is 0. The molecule has 0 aliphatic rings. The molecule has 186 valence electrons. The molecule has 0 saturated carbocycles. The lowest BCUT2D eigenvalue weighted by Gasteiger charge is -2.08. The van der Waals surface area contributed by atoms with Crippen LogP contribution < -0.4 is 0 Å². The van der Waals surface area contributed by atoms with Gasteiger partial charge < -0.3 is 4.42 Å². The first-order valence-electron chi connectivity index (χ1n) is 13.3. The molecular formula is C36H20N2OS. The van der Waals surface area contributed by atoms with Crippen LogP contribution in [-0.4, -0.2) is 9.97 Å². The van der Waals surface area contributed by atoms with Crippen LogP contribution in [0.5, 0.6) is 0 Å². The second-order valence-corrected chi connectivity index (χ2v) is 11.3. The number of benzene rings is 6. The van der Waals surface area contributed by atoms with Gasteiger partial charge in [0.2, 0.25) is 5.71 Å². The summed E-state index contributed by atoms with van der Waals surface area (Å²) in [6.07, 6.45) is 0. The van der Waals surface area contributed by atoms with Crippen LogP contribution in [0.2, 0.25) is 0 Å². The van der Waals surface area contributed by atoms with E-state index < -0.39 is 0 Å². The predicted molar refractivity (Wildman–Crippen MR) is 168 cm³/mol. The van der Waals surface area contributed by atoms with Crippen LogP contribution in [0.4, 0.5) is 0 Å². The maximum atomic E-state index is 6.18. The van der Waals surface area contributed by atoms with Crippen LogP contribution in [0.3, 0.4) is 0 Å². The van der Waals surface area contributed by atoms with E-state index in [1.807, 2.05) is 17.4 Å². The van der Waals surface area contributed by atoms with Crippen molar-refractivity contribution in [2.75, 3.05) is 0 Å². The number of furan rings is 1. The van der Waals surface area contributed by atoms with Gasteiger partial charge in [-0.1, -0.05) is 91.0 Å². The third-order valence-electron chi connectivity index (χ3n) is 7.88. The zero-order valence-corrected chi connectivity index (χ0v) is 22.1. The molecule has 3 heterocycles. The predicted octanol–water partition coefficient (Wildman–Crippen LogP) is 10.4. The van der Waals surface area contributed by atoms with Gasteiger partial charge in [-0.3, -0.25) is 0 Å². The van der Waals surface area contributed by atoms with Gasteiger partial charge in [-0.15, -0.1) is 11.3 Å². The van der Waals surface area contributed by atoms with Crippen LogP contribution in [-0.2, 0) is 0 Å². The number of hydrogen-bond donors (Lipinski definition) is 0. The average Bonchev–Trinajstić information content (AvgIpc) is 3.58. The third-order valence-corrected chi connectivity index (χ3v) is 9.10. The first kappa shape index (κ1) is 21.8. The van der Waals surface area contributed by atoms with E-state index in [-0.39, 0.29) is 0 Å². The fourth-order valence-corrected chi connectivity index (χ4v) is 7.22. The minimum Gasteiger partial charge on any atom is -0.436 e. The summed E-state index contributed by atoms with van der Waals surface area (Å²) in [6.45, 7) is 0. The Balaban J connectivity index is 1.19. The Bertz CT molecular complexity index is 2450. The van der Waals surface area contributed by atoms with E-state index in [2.05, 4.69) is 115 Å². The van der Waals surface area contributed by atoms with E-state index in [4.69, 9.17) is 14.4 Å². The topological polar surface area (TPSA) is 38.9 Å². The Labute approximate surface area is 233 Å². The Morgan fingerprint density at radius 2 is 1.35 bits per heavy atom. The van der Waals surface area contributed by atoms with Gasteiger partial charge in [-0.25, -0.2) is 9.97 Å². The maximum absolute atomic E-state index is 6.18. The van der Waals surface area contributed by atoms with Gasteiger partial charge in [0.15, 0.2) is 0 Å². The van der Waals surface area contributed by atoms with Crippen LogP contribution >= 0.6 is 11.3 Å². The summed E-state index contributed by atoms with van der Waals surface area (Å²) in [5.41, 5.74) is 8.60. The molecule has 0 saturated heterocycles. The lowest BCUT2D eigenvalue weighted by molar-refractivity contribution is 0.655. The summed E-state index contributed by atoms with van der Waals surface area (Å²) in [5.74, 6) is 0.